The Kier molecular flexibility index (Phi) is 3.43. The second-order valence-electron chi connectivity index (χ2n) is 5.35. The van der Waals surface area contributed by atoms with Gasteiger partial charge in [0.2, 0.25) is 0 Å². The van der Waals surface area contributed by atoms with Crippen LogP contribution in [0.4, 0.5) is 5.82 Å². The summed E-state index contributed by atoms with van der Waals surface area (Å²) in [5.74, 6) is 0.780. The maximum atomic E-state index is 11.1. The first-order valence-corrected chi connectivity index (χ1v) is 6.39. The number of aliphatic hydroxyl groups is 1. The number of carbonyl (C=O) groups excluding carboxylic acids is 1. The molecule has 18 heavy (non-hydrogen) atoms. The van der Waals surface area contributed by atoms with Crippen molar-refractivity contribution in [1.82, 2.24) is 9.78 Å². The lowest BCUT2D eigenvalue weighted by Gasteiger charge is -2.30. The van der Waals surface area contributed by atoms with Gasteiger partial charge in [0.05, 0.1) is 16.9 Å². The van der Waals surface area contributed by atoms with Crippen molar-refractivity contribution in [2.75, 3.05) is 18.5 Å². The molecule has 1 N–H and O–H groups in total. The van der Waals surface area contributed by atoms with E-state index in [1.165, 1.54) is 0 Å². The number of likely N-dealkylation sites (N-methyl/N-ethyl adjacent to an activating group) is 1. The zero-order valence-corrected chi connectivity index (χ0v) is 11.3. The molecule has 0 spiro atoms. The van der Waals surface area contributed by atoms with Crippen LogP contribution in [0.5, 0.6) is 0 Å². The van der Waals surface area contributed by atoms with E-state index >= 15 is 0 Å². The van der Waals surface area contributed by atoms with Gasteiger partial charge < -0.3 is 10.0 Å². The van der Waals surface area contributed by atoms with Crippen LogP contribution in [0, 0.1) is 6.92 Å². The Balaban J connectivity index is 2.23. The summed E-state index contributed by atoms with van der Waals surface area (Å²) in [6.45, 7) is 2.37. The average molecular weight is 251 g/mol. The van der Waals surface area contributed by atoms with Crippen molar-refractivity contribution < 1.29 is 9.90 Å². The molecule has 0 amide bonds. The van der Waals surface area contributed by atoms with Crippen molar-refractivity contribution in [3.05, 3.63) is 11.3 Å². The molecule has 1 fully saturated rings. The summed E-state index contributed by atoms with van der Waals surface area (Å²) in [6.07, 6.45) is 4.67. The second kappa shape index (κ2) is 4.72. The molecule has 0 saturated heterocycles. The van der Waals surface area contributed by atoms with Crippen molar-refractivity contribution in [3.8, 4) is 0 Å². The Labute approximate surface area is 107 Å². The summed E-state index contributed by atoms with van der Waals surface area (Å²) in [6, 6.07) is 0. The van der Waals surface area contributed by atoms with Gasteiger partial charge in [-0.2, -0.15) is 5.10 Å². The van der Waals surface area contributed by atoms with Crippen LogP contribution in [0.1, 0.15) is 41.7 Å². The summed E-state index contributed by atoms with van der Waals surface area (Å²) in [5.41, 5.74) is 0.724. The molecule has 1 aliphatic carbocycles. The monoisotopic (exact) mass is 251 g/mol. The van der Waals surface area contributed by atoms with Crippen molar-refractivity contribution >= 4 is 12.1 Å². The van der Waals surface area contributed by atoms with E-state index in [1.54, 1.807) is 4.68 Å². The van der Waals surface area contributed by atoms with E-state index in [0.29, 0.717) is 12.1 Å². The number of aryl methyl sites for hydroxylation is 2. The van der Waals surface area contributed by atoms with Gasteiger partial charge in [-0.05, 0) is 19.8 Å². The van der Waals surface area contributed by atoms with Crippen LogP contribution in [-0.2, 0) is 7.05 Å². The Hall–Kier alpha value is -1.36. The van der Waals surface area contributed by atoms with Crippen LogP contribution < -0.4 is 4.90 Å². The molecule has 1 aromatic heterocycles. The van der Waals surface area contributed by atoms with Gasteiger partial charge in [0.1, 0.15) is 5.82 Å². The standard InChI is InChI=1S/C13H21N3O2/c1-10-11(8-17)12(16(3)14-10)15(2)9-13(18)6-4-5-7-13/h8,18H,4-7,9H2,1-3H3. The highest BCUT2D eigenvalue weighted by molar-refractivity contribution is 5.84. The molecule has 100 valence electrons. The fourth-order valence-electron chi connectivity index (χ4n) is 2.96. The molecule has 1 aromatic rings. The molecule has 0 atom stereocenters. The number of anilines is 1. The van der Waals surface area contributed by atoms with Gasteiger partial charge in [0, 0.05) is 20.6 Å². The Morgan fingerprint density at radius 1 is 1.50 bits per heavy atom. The molecule has 2 rings (SSSR count). The van der Waals surface area contributed by atoms with Gasteiger partial charge in [-0.25, -0.2) is 0 Å². The highest BCUT2D eigenvalue weighted by Gasteiger charge is 2.33. The molecule has 1 saturated carbocycles. The highest BCUT2D eigenvalue weighted by atomic mass is 16.3. The van der Waals surface area contributed by atoms with Gasteiger partial charge in [-0.15, -0.1) is 0 Å². The molecule has 0 unspecified atom stereocenters. The zero-order chi connectivity index (χ0) is 13.3. The van der Waals surface area contributed by atoms with E-state index in [1.807, 2.05) is 25.9 Å². The van der Waals surface area contributed by atoms with Crippen LogP contribution in [-0.4, -0.2) is 40.4 Å². The minimum Gasteiger partial charge on any atom is -0.388 e. The summed E-state index contributed by atoms with van der Waals surface area (Å²) >= 11 is 0. The Bertz CT molecular complexity index is 447. The Morgan fingerprint density at radius 3 is 2.67 bits per heavy atom. The number of carbonyl (C=O) groups is 1. The minimum atomic E-state index is -0.618. The van der Waals surface area contributed by atoms with Gasteiger partial charge in [0.25, 0.3) is 0 Å². The van der Waals surface area contributed by atoms with E-state index < -0.39 is 5.60 Å². The van der Waals surface area contributed by atoms with Crippen LogP contribution >= 0.6 is 0 Å². The van der Waals surface area contributed by atoms with Gasteiger partial charge in [-0.1, -0.05) is 12.8 Å². The maximum absolute atomic E-state index is 11.1. The average Bonchev–Trinajstić information content (AvgIpc) is 2.82. The first kappa shape index (κ1) is 13.1. The van der Waals surface area contributed by atoms with E-state index in [9.17, 15) is 9.90 Å². The summed E-state index contributed by atoms with van der Waals surface area (Å²) in [7, 11) is 3.73. The van der Waals surface area contributed by atoms with Crippen LogP contribution in [0.25, 0.3) is 0 Å². The molecule has 0 radical (unpaired) electrons. The quantitative estimate of drug-likeness (QED) is 0.819. The van der Waals surface area contributed by atoms with E-state index in [0.717, 1.165) is 43.5 Å². The summed E-state index contributed by atoms with van der Waals surface area (Å²) in [5, 5.41) is 14.7. The molecular weight excluding hydrogens is 230 g/mol. The van der Waals surface area contributed by atoms with Gasteiger partial charge in [-0.3, -0.25) is 9.48 Å². The number of hydrogen-bond donors (Lipinski definition) is 1. The second-order valence-corrected chi connectivity index (χ2v) is 5.35. The highest BCUT2D eigenvalue weighted by Crippen LogP contribution is 2.32. The normalized spacial score (nSPS) is 18.0. The van der Waals surface area contributed by atoms with Crippen LogP contribution in [0.15, 0.2) is 0 Å². The Morgan fingerprint density at radius 2 is 2.11 bits per heavy atom. The van der Waals surface area contributed by atoms with Crippen LogP contribution in [0.3, 0.4) is 0 Å². The molecule has 0 bridgehead atoms. The third-order valence-electron chi connectivity index (χ3n) is 3.78. The first-order chi connectivity index (χ1) is 8.47. The first-order valence-electron chi connectivity index (χ1n) is 6.39. The predicted molar refractivity (Wildman–Crippen MR) is 70.0 cm³/mol. The van der Waals surface area contributed by atoms with Gasteiger partial charge in [0.15, 0.2) is 6.29 Å². The molecule has 1 aliphatic rings. The SMILES string of the molecule is Cc1nn(C)c(N(C)CC2(O)CCCC2)c1C=O. The smallest absolute Gasteiger partial charge is 0.155 e. The summed E-state index contributed by atoms with van der Waals surface area (Å²) < 4.78 is 1.71. The van der Waals surface area contributed by atoms with E-state index in [-0.39, 0.29) is 0 Å². The third-order valence-corrected chi connectivity index (χ3v) is 3.78. The lowest BCUT2D eigenvalue weighted by atomic mass is 10.0. The number of aldehydes is 1. The lowest BCUT2D eigenvalue weighted by Crippen LogP contribution is -2.40. The maximum Gasteiger partial charge on any atom is 0.155 e. The predicted octanol–water partition coefficient (Wildman–Crippen LogP) is 1.28. The van der Waals surface area contributed by atoms with Crippen molar-refractivity contribution in [2.45, 2.75) is 38.2 Å². The zero-order valence-electron chi connectivity index (χ0n) is 11.3. The number of hydrogen-bond acceptors (Lipinski definition) is 4. The lowest BCUT2D eigenvalue weighted by molar-refractivity contribution is 0.0556. The minimum absolute atomic E-state index is 0.548. The van der Waals surface area contributed by atoms with Crippen molar-refractivity contribution in [3.63, 3.8) is 0 Å². The van der Waals surface area contributed by atoms with E-state index in [4.69, 9.17) is 0 Å². The largest absolute Gasteiger partial charge is 0.388 e. The molecular formula is C13H21N3O2. The number of rotatable bonds is 4. The molecule has 1 heterocycles. The topological polar surface area (TPSA) is 58.4 Å². The third kappa shape index (κ3) is 2.27. The molecule has 0 aromatic carbocycles. The van der Waals surface area contributed by atoms with Crippen molar-refractivity contribution in [1.29, 1.82) is 0 Å². The van der Waals surface area contributed by atoms with Gasteiger partial charge >= 0.3 is 0 Å². The molecule has 5 heteroatoms. The number of aromatic nitrogens is 2. The molecule has 5 nitrogen and oxygen atoms in total. The van der Waals surface area contributed by atoms with Crippen LogP contribution in [0.2, 0.25) is 0 Å². The van der Waals surface area contributed by atoms with Crippen molar-refractivity contribution in [2.24, 2.45) is 7.05 Å². The number of nitrogens with zero attached hydrogens (tertiary/aromatic N) is 3. The fourth-order valence-corrected chi connectivity index (χ4v) is 2.96. The molecule has 0 aliphatic heterocycles. The fraction of sp³-hybridized carbons (Fsp3) is 0.692. The summed E-state index contributed by atoms with van der Waals surface area (Å²) in [4.78, 5) is 13.1. The van der Waals surface area contributed by atoms with E-state index in [2.05, 4.69) is 5.10 Å².